The third kappa shape index (κ3) is 4.74. The fourth-order valence-corrected chi connectivity index (χ4v) is 3.13. The Morgan fingerprint density at radius 3 is 2.20 bits per heavy atom. The highest BCUT2D eigenvalue weighted by atomic mass is 19.4. The molecule has 1 heterocycles. The predicted octanol–water partition coefficient (Wildman–Crippen LogP) is 3.81. The Morgan fingerprint density at radius 2 is 1.60 bits per heavy atom. The lowest BCUT2D eigenvalue weighted by atomic mass is 10.0. The molecule has 1 aliphatic heterocycles. The molecule has 1 aliphatic rings. The van der Waals surface area contributed by atoms with Crippen molar-refractivity contribution in [3.8, 4) is 0 Å². The second kappa shape index (κ2) is 7.89. The number of nitrogens with zero attached hydrogens (tertiary/aromatic N) is 1. The largest absolute Gasteiger partial charge is 0.408 e. The van der Waals surface area contributed by atoms with Crippen molar-refractivity contribution in [1.29, 1.82) is 0 Å². The van der Waals surface area contributed by atoms with Crippen LogP contribution >= 0.6 is 0 Å². The van der Waals surface area contributed by atoms with E-state index >= 15 is 0 Å². The summed E-state index contributed by atoms with van der Waals surface area (Å²) in [7, 11) is 0. The molecular formula is C19H22F3N3. The van der Waals surface area contributed by atoms with Crippen LogP contribution in [0.15, 0.2) is 54.6 Å². The minimum absolute atomic E-state index is 0.291. The molecule has 0 spiro atoms. The van der Waals surface area contributed by atoms with Crippen molar-refractivity contribution in [3.63, 3.8) is 0 Å². The van der Waals surface area contributed by atoms with Crippen LogP contribution in [-0.4, -0.2) is 37.3 Å². The van der Waals surface area contributed by atoms with Gasteiger partial charge in [-0.1, -0.05) is 42.5 Å². The van der Waals surface area contributed by atoms with Crippen molar-refractivity contribution in [2.75, 3.05) is 31.5 Å². The summed E-state index contributed by atoms with van der Waals surface area (Å²) < 4.78 is 40.7. The summed E-state index contributed by atoms with van der Waals surface area (Å²) >= 11 is 0. The molecule has 0 saturated carbocycles. The number of anilines is 1. The molecule has 1 saturated heterocycles. The molecule has 6 heteroatoms. The van der Waals surface area contributed by atoms with Crippen molar-refractivity contribution in [1.82, 2.24) is 10.2 Å². The van der Waals surface area contributed by atoms with Crippen LogP contribution in [0.2, 0.25) is 0 Å². The number of halogens is 3. The molecule has 3 nitrogen and oxygen atoms in total. The van der Waals surface area contributed by atoms with Gasteiger partial charge in [0, 0.05) is 38.4 Å². The van der Waals surface area contributed by atoms with Gasteiger partial charge in [-0.2, -0.15) is 13.2 Å². The molecule has 0 aromatic heterocycles. The first-order valence-electron chi connectivity index (χ1n) is 8.43. The molecular weight excluding hydrogens is 327 g/mol. The zero-order chi connectivity index (χ0) is 17.7. The molecule has 25 heavy (non-hydrogen) atoms. The van der Waals surface area contributed by atoms with Gasteiger partial charge < -0.3 is 10.6 Å². The van der Waals surface area contributed by atoms with Crippen LogP contribution < -0.4 is 10.6 Å². The third-order valence-corrected chi connectivity index (χ3v) is 4.39. The Bertz CT molecular complexity index is 650. The number of alkyl halides is 3. The van der Waals surface area contributed by atoms with Gasteiger partial charge in [0.25, 0.3) is 0 Å². The highest BCUT2D eigenvalue weighted by molar-refractivity contribution is 5.46. The van der Waals surface area contributed by atoms with E-state index in [0.717, 1.165) is 11.3 Å². The molecule has 134 valence electrons. The molecule has 0 bridgehead atoms. The highest BCUT2D eigenvalue weighted by Gasteiger charge is 2.44. The number of nitrogens with one attached hydrogen (secondary N) is 2. The van der Waals surface area contributed by atoms with Gasteiger partial charge in [-0.3, -0.25) is 4.90 Å². The van der Waals surface area contributed by atoms with Crippen molar-refractivity contribution >= 4 is 5.69 Å². The first-order chi connectivity index (χ1) is 12.0. The van der Waals surface area contributed by atoms with E-state index in [-0.39, 0.29) is 0 Å². The van der Waals surface area contributed by atoms with Crippen LogP contribution in [0.5, 0.6) is 0 Å². The van der Waals surface area contributed by atoms with E-state index < -0.39 is 12.2 Å². The fraction of sp³-hybridized carbons (Fsp3) is 0.368. The number of hydrogen-bond acceptors (Lipinski definition) is 3. The van der Waals surface area contributed by atoms with Gasteiger partial charge in [-0.05, 0) is 23.3 Å². The normalized spacial score (nSPS) is 17.2. The van der Waals surface area contributed by atoms with Gasteiger partial charge in [0.1, 0.15) is 6.04 Å². The molecule has 1 atom stereocenters. The highest BCUT2D eigenvalue weighted by Crippen LogP contribution is 2.38. The number of rotatable bonds is 5. The SMILES string of the molecule is FC(F)(F)[C@H](c1ccc(NCc2ccccc2)cc1)N1CCNCC1. The van der Waals surface area contributed by atoms with Crippen molar-refractivity contribution in [2.24, 2.45) is 0 Å². The Balaban J connectivity index is 1.70. The van der Waals surface area contributed by atoms with Crippen molar-refractivity contribution in [2.45, 2.75) is 18.8 Å². The van der Waals surface area contributed by atoms with E-state index in [1.54, 1.807) is 24.3 Å². The van der Waals surface area contributed by atoms with Crippen LogP contribution in [0.4, 0.5) is 18.9 Å². The molecule has 2 N–H and O–H groups in total. The van der Waals surface area contributed by atoms with Gasteiger partial charge in [-0.15, -0.1) is 0 Å². The molecule has 0 radical (unpaired) electrons. The number of piperazine rings is 1. The maximum Gasteiger partial charge on any atom is 0.408 e. The topological polar surface area (TPSA) is 27.3 Å². The lowest BCUT2D eigenvalue weighted by molar-refractivity contribution is -0.187. The van der Waals surface area contributed by atoms with Gasteiger partial charge in [0.15, 0.2) is 0 Å². The summed E-state index contributed by atoms with van der Waals surface area (Å²) in [6.07, 6.45) is -4.28. The zero-order valence-electron chi connectivity index (χ0n) is 13.9. The maximum atomic E-state index is 13.6. The van der Waals surface area contributed by atoms with E-state index in [9.17, 15) is 13.2 Å². The number of hydrogen-bond donors (Lipinski definition) is 2. The van der Waals surface area contributed by atoms with Gasteiger partial charge in [0.2, 0.25) is 0 Å². The monoisotopic (exact) mass is 349 g/mol. The lowest BCUT2D eigenvalue weighted by Gasteiger charge is -2.36. The van der Waals surface area contributed by atoms with E-state index in [1.165, 1.54) is 4.90 Å². The second-order valence-corrected chi connectivity index (χ2v) is 6.19. The van der Waals surface area contributed by atoms with E-state index in [2.05, 4.69) is 10.6 Å². The Labute approximate surface area is 145 Å². The molecule has 3 rings (SSSR count). The Morgan fingerprint density at radius 1 is 0.960 bits per heavy atom. The molecule has 2 aromatic carbocycles. The molecule has 2 aromatic rings. The van der Waals surface area contributed by atoms with Gasteiger partial charge >= 0.3 is 6.18 Å². The minimum atomic E-state index is -4.28. The predicted molar refractivity (Wildman–Crippen MR) is 93.4 cm³/mol. The molecule has 0 unspecified atom stereocenters. The summed E-state index contributed by atoms with van der Waals surface area (Å²) in [6.45, 7) is 2.61. The maximum absolute atomic E-state index is 13.6. The Hall–Kier alpha value is -2.05. The fourth-order valence-electron chi connectivity index (χ4n) is 3.13. The van der Waals surface area contributed by atoms with Gasteiger partial charge in [0.05, 0.1) is 0 Å². The smallest absolute Gasteiger partial charge is 0.381 e. The summed E-state index contributed by atoms with van der Waals surface area (Å²) in [5.41, 5.74) is 2.23. The molecule has 0 aliphatic carbocycles. The van der Waals surface area contributed by atoms with Crippen LogP contribution in [0.25, 0.3) is 0 Å². The molecule has 0 amide bonds. The van der Waals surface area contributed by atoms with Crippen LogP contribution in [0.3, 0.4) is 0 Å². The lowest BCUT2D eigenvalue weighted by Crippen LogP contribution is -2.49. The van der Waals surface area contributed by atoms with Crippen molar-refractivity contribution < 1.29 is 13.2 Å². The minimum Gasteiger partial charge on any atom is -0.381 e. The molecule has 1 fully saturated rings. The summed E-state index contributed by atoms with van der Waals surface area (Å²) in [4.78, 5) is 1.50. The summed E-state index contributed by atoms with van der Waals surface area (Å²) in [6, 6.07) is 14.9. The Kier molecular flexibility index (Phi) is 5.60. The average molecular weight is 349 g/mol. The standard InChI is InChI=1S/C19H22F3N3/c20-19(21,22)18(25-12-10-23-11-13-25)16-6-8-17(9-7-16)24-14-15-4-2-1-3-5-15/h1-9,18,23-24H,10-14H2/t18-/m0/s1. The van der Waals surface area contributed by atoms with E-state index in [4.69, 9.17) is 0 Å². The quantitative estimate of drug-likeness (QED) is 0.860. The third-order valence-electron chi connectivity index (χ3n) is 4.39. The summed E-state index contributed by atoms with van der Waals surface area (Å²) in [5, 5.41) is 6.34. The number of benzene rings is 2. The first-order valence-corrected chi connectivity index (χ1v) is 8.43. The van der Waals surface area contributed by atoms with Crippen molar-refractivity contribution in [3.05, 3.63) is 65.7 Å². The van der Waals surface area contributed by atoms with Crippen LogP contribution in [0, 0.1) is 0 Å². The van der Waals surface area contributed by atoms with Crippen LogP contribution in [0.1, 0.15) is 17.2 Å². The van der Waals surface area contributed by atoms with Gasteiger partial charge in [-0.25, -0.2) is 0 Å². The van der Waals surface area contributed by atoms with Crippen LogP contribution in [-0.2, 0) is 6.54 Å². The zero-order valence-corrected chi connectivity index (χ0v) is 13.9. The second-order valence-electron chi connectivity index (χ2n) is 6.19. The first kappa shape index (κ1) is 17.8. The van der Waals surface area contributed by atoms with E-state index in [0.29, 0.717) is 38.3 Å². The average Bonchev–Trinajstić information content (AvgIpc) is 2.62. The summed E-state index contributed by atoms with van der Waals surface area (Å²) in [5.74, 6) is 0. The van der Waals surface area contributed by atoms with E-state index in [1.807, 2.05) is 30.3 Å².